The number of benzene rings is 1. The van der Waals surface area contributed by atoms with Gasteiger partial charge in [-0.2, -0.15) is 0 Å². The first-order valence-electron chi connectivity index (χ1n) is 5.39. The number of halogens is 2. The van der Waals surface area contributed by atoms with Crippen molar-refractivity contribution < 1.29 is 4.74 Å². The minimum absolute atomic E-state index is 0.466. The molecule has 0 saturated heterocycles. The summed E-state index contributed by atoms with van der Waals surface area (Å²) in [6, 6.07) is 10.1. The Bertz CT molecular complexity index is 525. The molecule has 0 N–H and O–H groups in total. The van der Waals surface area contributed by atoms with Gasteiger partial charge in [0.25, 0.3) is 0 Å². The summed E-state index contributed by atoms with van der Waals surface area (Å²) in [4.78, 5) is 4.19. The summed E-state index contributed by atoms with van der Waals surface area (Å²) < 4.78 is 9.24. The molecule has 2 aromatic rings. The number of imidazole rings is 1. The highest BCUT2D eigenvalue weighted by Gasteiger charge is 2.02. The van der Waals surface area contributed by atoms with Crippen LogP contribution < -0.4 is 0 Å². The van der Waals surface area contributed by atoms with Gasteiger partial charge in [0.15, 0.2) is 0 Å². The van der Waals surface area contributed by atoms with E-state index in [-0.39, 0.29) is 0 Å². The highest BCUT2D eigenvalue weighted by Crippen LogP contribution is 2.18. The maximum atomic E-state index is 5.97. The fraction of sp³-hybridized carbons (Fsp3) is 0.154. The molecule has 1 aromatic carbocycles. The van der Waals surface area contributed by atoms with Crippen molar-refractivity contribution in [3.05, 3.63) is 58.2 Å². The van der Waals surface area contributed by atoms with Crippen molar-refractivity contribution >= 4 is 39.2 Å². The van der Waals surface area contributed by atoms with Crippen molar-refractivity contribution in [1.82, 2.24) is 9.55 Å². The minimum Gasteiger partial charge on any atom is -0.356 e. The first-order chi connectivity index (χ1) is 8.79. The molecule has 2 rings (SSSR count). The Morgan fingerprint density at radius 2 is 2.17 bits per heavy atom. The average Bonchev–Trinajstić information content (AvgIpc) is 2.88. The molecule has 3 nitrogen and oxygen atoms in total. The van der Waals surface area contributed by atoms with E-state index < -0.39 is 0 Å². The number of hydrogen-bond donors (Lipinski definition) is 0. The second kappa shape index (κ2) is 6.92. The third-order valence-electron chi connectivity index (χ3n) is 2.33. The van der Waals surface area contributed by atoms with E-state index in [0.717, 1.165) is 11.3 Å². The molecule has 0 aliphatic heterocycles. The predicted octanol–water partition coefficient (Wildman–Crippen LogP) is 4.03. The SMILES string of the molecule is Cl/C(=C/I)c1cn(COCc2ccccc2)cn1. The Balaban J connectivity index is 1.86. The molecule has 1 aromatic heterocycles. The van der Waals surface area contributed by atoms with Gasteiger partial charge in [-0.15, -0.1) is 0 Å². The molecule has 0 fully saturated rings. The Morgan fingerprint density at radius 3 is 2.89 bits per heavy atom. The zero-order valence-corrected chi connectivity index (χ0v) is 12.5. The van der Waals surface area contributed by atoms with Crippen molar-refractivity contribution in [3.8, 4) is 0 Å². The van der Waals surface area contributed by atoms with Crippen molar-refractivity contribution in [2.45, 2.75) is 13.3 Å². The van der Waals surface area contributed by atoms with Crippen LogP contribution in [-0.4, -0.2) is 9.55 Å². The van der Waals surface area contributed by atoms with E-state index in [4.69, 9.17) is 16.3 Å². The Kier molecular flexibility index (Phi) is 5.22. The summed E-state index contributed by atoms with van der Waals surface area (Å²) in [5.41, 5.74) is 1.91. The highest BCUT2D eigenvalue weighted by atomic mass is 127. The van der Waals surface area contributed by atoms with Gasteiger partial charge in [-0.05, 0) is 9.65 Å². The van der Waals surface area contributed by atoms with Gasteiger partial charge >= 0.3 is 0 Å². The summed E-state index contributed by atoms with van der Waals surface area (Å²) in [5, 5.41) is 0.636. The molecule has 0 unspecified atom stereocenters. The van der Waals surface area contributed by atoms with Gasteiger partial charge < -0.3 is 9.30 Å². The van der Waals surface area contributed by atoms with E-state index in [2.05, 4.69) is 27.6 Å². The van der Waals surface area contributed by atoms with Gasteiger partial charge in [0.2, 0.25) is 0 Å². The maximum Gasteiger partial charge on any atom is 0.124 e. The molecule has 0 radical (unpaired) electrons. The minimum atomic E-state index is 0.466. The van der Waals surface area contributed by atoms with Crippen molar-refractivity contribution in [3.63, 3.8) is 0 Å². The van der Waals surface area contributed by atoms with Crippen LogP contribution in [0.15, 0.2) is 46.9 Å². The van der Waals surface area contributed by atoms with E-state index in [9.17, 15) is 0 Å². The summed E-state index contributed by atoms with van der Waals surface area (Å²) in [6.07, 6.45) is 3.57. The van der Waals surface area contributed by atoms with Gasteiger partial charge in [-0.1, -0.05) is 64.5 Å². The molecule has 0 bridgehead atoms. The van der Waals surface area contributed by atoms with Crippen LogP contribution in [0.3, 0.4) is 0 Å². The molecular formula is C13H12ClIN2O. The molecule has 1 heterocycles. The standard InChI is InChI=1S/C13H12ClIN2O/c14-12(6-15)13-7-17(9-16-13)10-18-8-11-4-2-1-3-5-11/h1-7,9H,8,10H2/b12-6+. The predicted molar refractivity (Wildman–Crippen MR) is 81.3 cm³/mol. The zero-order valence-electron chi connectivity index (χ0n) is 9.59. The monoisotopic (exact) mass is 374 g/mol. The second-order valence-electron chi connectivity index (χ2n) is 3.69. The lowest BCUT2D eigenvalue weighted by atomic mass is 10.2. The van der Waals surface area contributed by atoms with Crippen molar-refractivity contribution in [2.75, 3.05) is 0 Å². The molecular weight excluding hydrogens is 363 g/mol. The van der Waals surface area contributed by atoms with Crippen LogP contribution in [0.2, 0.25) is 0 Å². The molecule has 0 spiro atoms. The lowest BCUT2D eigenvalue weighted by Gasteiger charge is -2.04. The normalized spacial score (nSPS) is 11.8. The molecule has 94 valence electrons. The van der Waals surface area contributed by atoms with Crippen LogP contribution in [0.1, 0.15) is 11.3 Å². The van der Waals surface area contributed by atoms with Crippen LogP contribution in [0.5, 0.6) is 0 Å². The van der Waals surface area contributed by atoms with Gasteiger partial charge in [-0.25, -0.2) is 4.98 Å². The molecule has 0 aliphatic rings. The number of rotatable bonds is 5. The van der Waals surface area contributed by atoms with Gasteiger partial charge in [-0.3, -0.25) is 0 Å². The van der Waals surface area contributed by atoms with Crippen LogP contribution in [0.4, 0.5) is 0 Å². The number of nitrogens with zero attached hydrogens (tertiary/aromatic N) is 2. The summed E-state index contributed by atoms with van der Waals surface area (Å²) >= 11 is 8.06. The zero-order chi connectivity index (χ0) is 12.8. The van der Waals surface area contributed by atoms with Crippen LogP contribution in [-0.2, 0) is 18.1 Å². The molecule has 0 aliphatic carbocycles. The number of hydrogen-bond acceptors (Lipinski definition) is 2. The maximum absolute atomic E-state index is 5.97. The Morgan fingerprint density at radius 1 is 1.39 bits per heavy atom. The van der Waals surface area contributed by atoms with Crippen LogP contribution in [0.25, 0.3) is 5.03 Å². The molecule has 0 saturated carbocycles. The summed E-state index contributed by atoms with van der Waals surface area (Å²) in [7, 11) is 0. The fourth-order valence-corrected chi connectivity index (χ4v) is 1.87. The van der Waals surface area contributed by atoms with E-state index in [1.54, 1.807) is 10.4 Å². The lowest BCUT2D eigenvalue weighted by molar-refractivity contribution is 0.0639. The lowest BCUT2D eigenvalue weighted by Crippen LogP contribution is -2.00. The number of ether oxygens (including phenoxy) is 1. The van der Waals surface area contributed by atoms with Crippen LogP contribution >= 0.6 is 34.2 Å². The van der Waals surface area contributed by atoms with Gasteiger partial charge in [0, 0.05) is 6.20 Å². The topological polar surface area (TPSA) is 27.1 Å². The largest absolute Gasteiger partial charge is 0.356 e. The Hall–Kier alpha value is -0.850. The summed E-state index contributed by atoms with van der Waals surface area (Å²) in [5.74, 6) is 0. The van der Waals surface area contributed by atoms with Gasteiger partial charge in [0.05, 0.1) is 18.0 Å². The smallest absolute Gasteiger partial charge is 0.124 e. The molecule has 18 heavy (non-hydrogen) atoms. The molecule has 0 amide bonds. The second-order valence-corrected chi connectivity index (χ2v) is 4.72. The van der Waals surface area contributed by atoms with E-state index in [1.165, 1.54) is 0 Å². The first-order valence-corrected chi connectivity index (χ1v) is 7.01. The fourth-order valence-electron chi connectivity index (χ4n) is 1.45. The quantitative estimate of drug-likeness (QED) is 0.739. The highest BCUT2D eigenvalue weighted by molar-refractivity contribution is 14.1. The first kappa shape index (κ1) is 13.6. The average molecular weight is 375 g/mol. The van der Waals surface area contributed by atoms with E-state index in [1.807, 2.05) is 41.1 Å². The van der Waals surface area contributed by atoms with Crippen molar-refractivity contribution in [2.24, 2.45) is 0 Å². The van der Waals surface area contributed by atoms with E-state index >= 15 is 0 Å². The van der Waals surface area contributed by atoms with Gasteiger partial charge in [0.1, 0.15) is 12.4 Å². The number of aromatic nitrogens is 2. The summed E-state index contributed by atoms with van der Waals surface area (Å²) in [6.45, 7) is 1.05. The third-order valence-corrected chi connectivity index (χ3v) is 3.62. The van der Waals surface area contributed by atoms with E-state index in [0.29, 0.717) is 18.4 Å². The molecule has 0 atom stereocenters. The Labute approximate surface area is 125 Å². The molecule has 5 heteroatoms. The van der Waals surface area contributed by atoms with Crippen LogP contribution in [0, 0.1) is 0 Å². The van der Waals surface area contributed by atoms with Crippen molar-refractivity contribution in [1.29, 1.82) is 0 Å². The third kappa shape index (κ3) is 3.83.